The molecule has 11 heteroatoms. The van der Waals surface area contributed by atoms with Crippen molar-refractivity contribution in [3.63, 3.8) is 0 Å². The van der Waals surface area contributed by atoms with Gasteiger partial charge in [0, 0.05) is 72.2 Å². The number of para-hydroxylation sites is 19. The SMILES string of the molecule is Brc1ccc(N2c3ccccc3N(c3ccccc3)c3ccccc32)cc1.CC1(C)c2ccccc2-c2ccc(N(c3ccc(-c4ccccc4)cc3)c3ccc(N4c5ccccc5N(c5ccccc5)c5ccccc54)cc3)cc21.CC1(C)c2ccccc2-c2ccc(Nc3ccc(-c4ccccc4)cc3)cc21.c1ccc(N2c3ccccc3Nc3ccccc32)cc1.c1ccc2nc3ccccc3nc2c1. The van der Waals surface area contributed by atoms with Gasteiger partial charge in [-0.05, 0) is 297 Å². The summed E-state index contributed by atoms with van der Waals surface area (Å²) in [6, 6.07) is 186. The Morgan fingerprint density at radius 3 is 0.860 bits per heavy atom. The zero-order valence-corrected chi connectivity index (χ0v) is 81.3. The van der Waals surface area contributed by atoms with Gasteiger partial charge in [-0.15, -0.1) is 0 Å². The predicted octanol–water partition coefficient (Wildman–Crippen LogP) is 37.5. The highest BCUT2D eigenvalue weighted by Crippen LogP contribution is 2.59. The molecule has 27 rings (SSSR count). The Kier molecular flexibility index (Phi) is 24.2. The molecule has 686 valence electrons. The zero-order chi connectivity index (χ0) is 96.3. The van der Waals surface area contributed by atoms with E-state index >= 15 is 0 Å². The molecular weight excluding hydrogens is 1810 g/mol. The van der Waals surface area contributed by atoms with Crippen LogP contribution < -0.4 is 40.0 Å². The average molecular weight is 1910 g/mol. The molecule has 10 nitrogen and oxygen atoms in total. The summed E-state index contributed by atoms with van der Waals surface area (Å²) in [7, 11) is 0. The van der Waals surface area contributed by atoms with E-state index in [0.717, 1.165) is 112 Å². The predicted molar refractivity (Wildman–Crippen MR) is 605 cm³/mol. The molecule has 1 aromatic heterocycles. The maximum atomic E-state index is 4.52. The van der Waals surface area contributed by atoms with Gasteiger partial charge in [-0.2, -0.15) is 0 Å². The Morgan fingerprint density at radius 1 is 0.217 bits per heavy atom. The molecule has 0 atom stereocenters. The van der Waals surface area contributed by atoms with Gasteiger partial charge in [0.25, 0.3) is 0 Å². The second-order valence-electron chi connectivity index (χ2n) is 37.1. The first-order chi connectivity index (χ1) is 70.4. The van der Waals surface area contributed by atoms with Crippen LogP contribution in [0.25, 0.3) is 66.6 Å². The summed E-state index contributed by atoms with van der Waals surface area (Å²) in [5, 5.41) is 7.08. The van der Waals surface area contributed by atoms with Crippen molar-refractivity contribution in [3.8, 4) is 44.5 Å². The van der Waals surface area contributed by atoms with Gasteiger partial charge in [-0.25, -0.2) is 9.97 Å². The number of rotatable bonds is 12. The Balaban J connectivity index is 0.000000108. The highest BCUT2D eigenvalue weighted by Gasteiger charge is 2.39. The van der Waals surface area contributed by atoms with E-state index in [1.165, 1.54) is 107 Å². The van der Waals surface area contributed by atoms with Crippen LogP contribution >= 0.6 is 15.9 Å². The van der Waals surface area contributed by atoms with Crippen LogP contribution in [-0.4, -0.2) is 9.97 Å². The van der Waals surface area contributed by atoms with Gasteiger partial charge in [-0.3, -0.25) is 0 Å². The highest BCUT2D eigenvalue weighted by molar-refractivity contribution is 9.10. The molecule has 0 amide bonds. The number of fused-ring (bicyclic) bond motifs is 14. The second-order valence-corrected chi connectivity index (χ2v) is 38.1. The Hall–Kier alpha value is -17.9. The molecule has 2 N–H and O–H groups in total. The Bertz CT molecular complexity index is 8110. The molecule has 5 aliphatic rings. The van der Waals surface area contributed by atoms with Crippen LogP contribution in [0.3, 0.4) is 0 Å². The third kappa shape index (κ3) is 17.4. The maximum absolute atomic E-state index is 4.52. The topological polar surface area (TPSA) is 69.3 Å². The Morgan fingerprint density at radius 2 is 0.476 bits per heavy atom. The normalized spacial score (nSPS) is 12.9. The fourth-order valence-electron chi connectivity index (χ4n) is 20.8. The summed E-state index contributed by atoms with van der Waals surface area (Å²) < 4.78 is 1.08. The number of aromatic nitrogens is 2. The molecule has 0 unspecified atom stereocenters. The lowest BCUT2D eigenvalue weighted by atomic mass is 9.82. The number of hydrogen-bond acceptors (Lipinski definition) is 10. The van der Waals surface area contributed by atoms with E-state index < -0.39 is 0 Å². The molecule has 21 aromatic carbocycles. The molecule has 0 saturated carbocycles. The number of nitrogens with zero attached hydrogens (tertiary/aromatic N) is 8. The summed E-state index contributed by atoms with van der Waals surface area (Å²) in [5.74, 6) is 0. The van der Waals surface area contributed by atoms with Gasteiger partial charge in [0.1, 0.15) is 0 Å². The van der Waals surface area contributed by atoms with E-state index in [0.29, 0.717) is 0 Å². The molecule has 0 spiro atoms. The van der Waals surface area contributed by atoms with Crippen LogP contribution in [0.4, 0.5) is 125 Å². The fraction of sp³-hybridized carbons (Fsp3) is 0.0455. The quantitative estimate of drug-likeness (QED) is 0.116. The van der Waals surface area contributed by atoms with Gasteiger partial charge in [0.05, 0.1) is 90.3 Å². The number of benzene rings is 21. The minimum absolute atomic E-state index is 0.0286. The minimum atomic E-state index is -0.0999. The number of nitrogens with one attached hydrogen (secondary N) is 2. The van der Waals surface area contributed by atoms with Gasteiger partial charge in [0.2, 0.25) is 0 Å². The lowest BCUT2D eigenvalue weighted by molar-refractivity contribution is 0.660. The van der Waals surface area contributed by atoms with Gasteiger partial charge < -0.3 is 40.0 Å². The van der Waals surface area contributed by atoms with Crippen LogP contribution in [0.15, 0.2) is 532 Å². The van der Waals surface area contributed by atoms with Gasteiger partial charge in [0.15, 0.2) is 0 Å². The number of hydrogen-bond donors (Lipinski definition) is 2. The zero-order valence-electron chi connectivity index (χ0n) is 79.7. The smallest absolute Gasteiger partial charge is 0.0894 e. The van der Waals surface area contributed by atoms with Crippen molar-refractivity contribution >= 4 is 163 Å². The monoisotopic (exact) mass is 1900 g/mol. The van der Waals surface area contributed by atoms with Crippen LogP contribution in [0.5, 0.6) is 0 Å². The van der Waals surface area contributed by atoms with E-state index in [2.05, 4.69) is 561 Å². The summed E-state index contributed by atoms with van der Waals surface area (Å²) in [5.41, 5.74) is 44.7. The summed E-state index contributed by atoms with van der Waals surface area (Å²) >= 11 is 3.55. The molecule has 143 heavy (non-hydrogen) atoms. The van der Waals surface area contributed by atoms with E-state index in [9.17, 15) is 0 Å². The number of anilines is 22. The van der Waals surface area contributed by atoms with Crippen molar-refractivity contribution in [3.05, 3.63) is 555 Å². The molecule has 0 bridgehead atoms. The third-order valence-corrected chi connectivity index (χ3v) is 28.2. The molecule has 22 aromatic rings. The molecule has 2 aliphatic carbocycles. The maximum Gasteiger partial charge on any atom is 0.0894 e. The van der Waals surface area contributed by atoms with Crippen molar-refractivity contribution in [2.45, 2.75) is 38.5 Å². The molecule has 0 saturated heterocycles. The summed E-state index contributed by atoms with van der Waals surface area (Å²) in [4.78, 5) is 23.1. The average Bonchev–Trinajstić information content (AvgIpc) is 1.62. The molecule has 0 fully saturated rings. The fourth-order valence-corrected chi connectivity index (χ4v) is 21.0. The van der Waals surface area contributed by atoms with Crippen molar-refractivity contribution in [2.75, 3.05) is 40.0 Å². The number of halogens is 1. The van der Waals surface area contributed by atoms with E-state index in [4.69, 9.17) is 0 Å². The van der Waals surface area contributed by atoms with Crippen molar-refractivity contribution < 1.29 is 0 Å². The second kappa shape index (κ2) is 38.8. The van der Waals surface area contributed by atoms with E-state index in [1.807, 2.05) is 60.7 Å². The van der Waals surface area contributed by atoms with Gasteiger partial charge >= 0.3 is 0 Å². The van der Waals surface area contributed by atoms with E-state index in [1.54, 1.807) is 0 Å². The largest absolute Gasteiger partial charge is 0.356 e. The summed E-state index contributed by atoms with van der Waals surface area (Å²) in [6.07, 6.45) is 0. The lowest BCUT2D eigenvalue weighted by Gasteiger charge is -2.40. The summed E-state index contributed by atoms with van der Waals surface area (Å²) in [6.45, 7) is 9.33. The van der Waals surface area contributed by atoms with E-state index in [-0.39, 0.29) is 10.8 Å². The van der Waals surface area contributed by atoms with Crippen LogP contribution in [-0.2, 0) is 10.8 Å². The van der Waals surface area contributed by atoms with Crippen molar-refractivity contribution in [1.29, 1.82) is 0 Å². The molecule has 3 aliphatic heterocycles. The van der Waals surface area contributed by atoms with Crippen LogP contribution in [0, 0.1) is 0 Å². The lowest BCUT2D eigenvalue weighted by Crippen LogP contribution is -2.23. The Labute approximate surface area is 844 Å². The standard InChI is InChI=1S/C51H39N3.C27H23N.C24H17BrN2.C18H14N2.C12H8N2/c1-51(2)45-20-10-9-19-43(45)44-34-33-42(35-46(44)51)52(39-27-25-37(26-28-39)36-15-5-3-6-16-36)40-29-31-41(32-30-40)54-49-23-13-11-21-47(49)53(38-17-7-4-8-18-38)48-22-12-14-24-50(48)54;1-27(2)25-11-7-6-10-23(25)24-17-16-22(18-26(24)27)28-21-14-12-20(13-15-21)19-8-4-3-5-9-19;25-18-14-16-20(17-15-18)27-23-12-6-4-10-21(23)26(19-8-2-1-3-9-19)22-11-5-7-13-24(22)27;1-2-8-14(9-3-1)20-17-12-6-4-10-15(17)19-16-11-5-7-13-18(16)20;1-2-6-10-9(5-1)13-11-7-3-4-8-12(11)14-10/h3-35H,1-2H3;3-18,28H,1-2H3;1-17H;1-13,19H;1-8H. The first-order valence-electron chi connectivity index (χ1n) is 48.7. The van der Waals surface area contributed by atoms with Crippen LogP contribution in [0.2, 0.25) is 0 Å². The first-order valence-corrected chi connectivity index (χ1v) is 49.5. The molecule has 4 heterocycles. The minimum Gasteiger partial charge on any atom is -0.356 e. The van der Waals surface area contributed by atoms with Crippen LogP contribution in [0.1, 0.15) is 49.9 Å². The van der Waals surface area contributed by atoms with Crippen molar-refractivity contribution in [2.24, 2.45) is 0 Å². The molecule has 0 radical (unpaired) electrons. The highest BCUT2D eigenvalue weighted by atomic mass is 79.9. The van der Waals surface area contributed by atoms with Crippen molar-refractivity contribution in [1.82, 2.24) is 9.97 Å². The van der Waals surface area contributed by atoms with Gasteiger partial charge in [-0.1, -0.05) is 341 Å². The molecular formula is C132H101BrN10. The first kappa shape index (κ1) is 89.0. The third-order valence-electron chi connectivity index (χ3n) is 27.7.